The fourth-order valence-corrected chi connectivity index (χ4v) is 3.00. The Morgan fingerprint density at radius 3 is 2.96 bits per heavy atom. The number of carbonyl (C=O) groups is 1. The number of hydrogen-bond acceptors (Lipinski definition) is 6. The van der Waals surface area contributed by atoms with E-state index >= 15 is 0 Å². The molecule has 0 aliphatic heterocycles. The Morgan fingerprint density at radius 2 is 2.24 bits per heavy atom. The molecule has 0 bridgehead atoms. The highest BCUT2D eigenvalue weighted by molar-refractivity contribution is 7.15. The van der Waals surface area contributed by atoms with E-state index in [4.69, 9.17) is 4.74 Å². The van der Waals surface area contributed by atoms with Gasteiger partial charge in [-0.1, -0.05) is 6.07 Å². The summed E-state index contributed by atoms with van der Waals surface area (Å²) in [4.78, 5) is 14.3. The average Bonchev–Trinajstić information content (AvgIpc) is 3.25. The maximum Gasteiger partial charge on any atom is 0.291 e. The number of para-hydroxylation sites is 1. The monoisotopic (exact) mass is 356 g/mol. The topological polar surface area (TPSA) is 99.6 Å². The number of phenolic OH excluding ortho intramolecular Hbond substituents is 1. The van der Waals surface area contributed by atoms with Gasteiger partial charge in [0, 0.05) is 10.4 Å². The molecule has 3 N–H and O–H groups in total. The number of rotatable bonds is 5. The highest BCUT2D eigenvalue weighted by Crippen LogP contribution is 2.28. The predicted molar refractivity (Wildman–Crippen MR) is 96.4 cm³/mol. The molecule has 8 heteroatoms. The second kappa shape index (κ2) is 7.18. The molecule has 1 amide bonds. The highest BCUT2D eigenvalue weighted by atomic mass is 32.1. The predicted octanol–water partition coefficient (Wildman–Crippen LogP) is 2.92. The summed E-state index contributed by atoms with van der Waals surface area (Å²) in [6.07, 6.45) is 1.34. The number of nitrogens with one attached hydrogen (secondary N) is 2. The molecule has 3 rings (SSSR count). The summed E-state index contributed by atoms with van der Waals surface area (Å²) in [6.45, 7) is 2.01. The van der Waals surface area contributed by atoms with Gasteiger partial charge in [0.25, 0.3) is 5.91 Å². The van der Waals surface area contributed by atoms with E-state index in [1.807, 2.05) is 19.1 Å². The van der Waals surface area contributed by atoms with Crippen LogP contribution in [0.2, 0.25) is 0 Å². The quantitative estimate of drug-likeness (QED) is 0.483. The van der Waals surface area contributed by atoms with Crippen molar-refractivity contribution in [1.29, 1.82) is 0 Å². The van der Waals surface area contributed by atoms with E-state index < -0.39 is 5.91 Å². The third kappa shape index (κ3) is 3.69. The van der Waals surface area contributed by atoms with Crippen LogP contribution in [0.25, 0.3) is 10.6 Å². The Balaban J connectivity index is 1.68. The van der Waals surface area contributed by atoms with Crippen LogP contribution in [0.1, 0.15) is 20.9 Å². The standard InChI is InChI=1S/C17H16N4O3S/c1-10-6-7-15(25-10)12-8-13(20-19-12)17(23)21-18-9-11-4-3-5-14(24-2)16(11)22/h3-9,22H,1-2H3,(H,19,20)(H,21,23)/b18-9+. The molecular formula is C17H16N4O3S. The first-order valence-corrected chi connectivity index (χ1v) is 8.21. The summed E-state index contributed by atoms with van der Waals surface area (Å²) >= 11 is 1.61. The normalized spacial score (nSPS) is 11.0. The van der Waals surface area contributed by atoms with Crippen LogP contribution < -0.4 is 10.2 Å². The largest absolute Gasteiger partial charge is 0.504 e. The molecule has 1 aromatic carbocycles. The Hall–Kier alpha value is -3.13. The average molecular weight is 356 g/mol. The van der Waals surface area contributed by atoms with Gasteiger partial charge in [0.05, 0.1) is 23.9 Å². The van der Waals surface area contributed by atoms with E-state index in [1.165, 1.54) is 18.2 Å². The molecule has 0 radical (unpaired) electrons. The smallest absolute Gasteiger partial charge is 0.291 e. The molecule has 7 nitrogen and oxygen atoms in total. The van der Waals surface area contributed by atoms with Crippen molar-refractivity contribution >= 4 is 23.5 Å². The number of aryl methyl sites for hydroxylation is 1. The molecule has 0 unspecified atom stereocenters. The molecule has 3 aromatic rings. The van der Waals surface area contributed by atoms with Crippen molar-refractivity contribution in [2.75, 3.05) is 7.11 Å². The lowest BCUT2D eigenvalue weighted by Gasteiger charge is -2.04. The number of amides is 1. The number of aromatic amines is 1. The van der Waals surface area contributed by atoms with Crippen LogP contribution in [-0.4, -0.2) is 34.5 Å². The summed E-state index contributed by atoms with van der Waals surface area (Å²) in [5.41, 5.74) is 3.81. The van der Waals surface area contributed by atoms with Gasteiger partial charge in [-0.2, -0.15) is 10.2 Å². The molecule has 0 aliphatic rings. The number of carbonyl (C=O) groups excluding carboxylic acids is 1. The molecule has 25 heavy (non-hydrogen) atoms. The van der Waals surface area contributed by atoms with Gasteiger partial charge in [-0.25, -0.2) is 5.43 Å². The number of nitrogens with zero attached hydrogens (tertiary/aromatic N) is 2. The van der Waals surface area contributed by atoms with Crippen molar-refractivity contribution in [2.45, 2.75) is 6.92 Å². The van der Waals surface area contributed by atoms with E-state index in [-0.39, 0.29) is 11.4 Å². The van der Waals surface area contributed by atoms with Gasteiger partial charge >= 0.3 is 0 Å². The summed E-state index contributed by atoms with van der Waals surface area (Å²) in [5.74, 6) is -0.161. The van der Waals surface area contributed by atoms with Gasteiger partial charge in [-0.15, -0.1) is 11.3 Å². The van der Waals surface area contributed by atoms with Gasteiger partial charge in [0.15, 0.2) is 17.2 Å². The third-order valence-corrected chi connectivity index (χ3v) is 4.47. The lowest BCUT2D eigenvalue weighted by Crippen LogP contribution is -2.18. The first-order chi connectivity index (χ1) is 12.1. The summed E-state index contributed by atoms with van der Waals surface area (Å²) in [7, 11) is 1.46. The second-order valence-corrected chi connectivity index (χ2v) is 6.46. The molecule has 0 spiro atoms. The van der Waals surface area contributed by atoms with Crippen molar-refractivity contribution < 1.29 is 14.6 Å². The SMILES string of the molecule is COc1cccc(/C=N/NC(=O)c2cc(-c3ccc(C)s3)[nH]n2)c1O. The van der Waals surface area contributed by atoms with Crippen LogP contribution in [0, 0.1) is 6.92 Å². The van der Waals surface area contributed by atoms with Crippen molar-refractivity contribution in [3.8, 4) is 22.1 Å². The molecule has 2 heterocycles. The minimum Gasteiger partial charge on any atom is -0.504 e. The van der Waals surface area contributed by atoms with Crippen LogP contribution in [0.15, 0.2) is 41.5 Å². The van der Waals surface area contributed by atoms with E-state index in [1.54, 1.807) is 35.6 Å². The van der Waals surface area contributed by atoms with Crippen molar-refractivity contribution in [3.63, 3.8) is 0 Å². The van der Waals surface area contributed by atoms with Gasteiger partial charge in [0.1, 0.15) is 0 Å². The number of aromatic nitrogens is 2. The molecule has 0 aliphatic carbocycles. The first-order valence-electron chi connectivity index (χ1n) is 7.40. The fraction of sp³-hybridized carbons (Fsp3) is 0.118. The maximum absolute atomic E-state index is 12.1. The van der Waals surface area contributed by atoms with Gasteiger partial charge < -0.3 is 9.84 Å². The minimum atomic E-state index is -0.450. The van der Waals surface area contributed by atoms with Crippen LogP contribution in [0.3, 0.4) is 0 Å². The first kappa shape index (κ1) is 16.7. The summed E-state index contributed by atoms with van der Waals surface area (Å²) < 4.78 is 5.02. The van der Waals surface area contributed by atoms with Crippen LogP contribution >= 0.6 is 11.3 Å². The highest BCUT2D eigenvalue weighted by Gasteiger charge is 2.12. The fourth-order valence-electron chi connectivity index (χ4n) is 2.17. The zero-order valence-corrected chi connectivity index (χ0v) is 14.4. The zero-order valence-electron chi connectivity index (χ0n) is 13.6. The van der Waals surface area contributed by atoms with E-state index in [2.05, 4.69) is 20.7 Å². The Kier molecular flexibility index (Phi) is 4.80. The van der Waals surface area contributed by atoms with Gasteiger partial charge in [0.2, 0.25) is 0 Å². The third-order valence-electron chi connectivity index (χ3n) is 3.44. The summed E-state index contributed by atoms with van der Waals surface area (Å²) in [5, 5.41) is 20.6. The lowest BCUT2D eigenvalue weighted by molar-refractivity contribution is 0.0950. The van der Waals surface area contributed by atoms with Gasteiger partial charge in [-0.3, -0.25) is 9.89 Å². The number of hydrogen-bond donors (Lipinski definition) is 3. The van der Waals surface area contributed by atoms with Crippen molar-refractivity contribution in [1.82, 2.24) is 15.6 Å². The Bertz CT molecular complexity index is 930. The molecule has 0 fully saturated rings. The van der Waals surface area contributed by atoms with Crippen LogP contribution in [-0.2, 0) is 0 Å². The Labute approximate surface area is 148 Å². The van der Waals surface area contributed by atoms with Crippen molar-refractivity contribution in [3.05, 3.63) is 52.5 Å². The number of hydrazone groups is 1. The van der Waals surface area contributed by atoms with E-state index in [0.717, 1.165) is 10.6 Å². The van der Waals surface area contributed by atoms with E-state index in [0.29, 0.717) is 11.3 Å². The number of ether oxygens (including phenoxy) is 1. The molecule has 128 valence electrons. The van der Waals surface area contributed by atoms with E-state index in [9.17, 15) is 9.90 Å². The number of aromatic hydroxyl groups is 1. The number of methoxy groups -OCH3 is 1. The molecule has 0 atom stereocenters. The van der Waals surface area contributed by atoms with Crippen LogP contribution in [0.4, 0.5) is 0 Å². The van der Waals surface area contributed by atoms with Crippen molar-refractivity contribution in [2.24, 2.45) is 5.10 Å². The lowest BCUT2D eigenvalue weighted by atomic mass is 10.2. The number of thiophene rings is 1. The maximum atomic E-state index is 12.1. The minimum absolute atomic E-state index is 0.0434. The van der Waals surface area contributed by atoms with Crippen LogP contribution in [0.5, 0.6) is 11.5 Å². The van der Waals surface area contributed by atoms with Gasteiger partial charge in [-0.05, 0) is 37.3 Å². The molecular weight excluding hydrogens is 340 g/mol. The molecule has 0 saturated carbocycles. The number of benzene rings is 1. The number of phenols is 1. The molecule has 0 saturated heterocycles. The number of H-pyrrole nitrogens is 1. The second-order valence-electron chi connectivity index (χ2n) is 5.17. The summed E-state index contributed by atoms with van der Waals surface area (Å²) in [6, 6.07) is 10.6. The molecule has 2 aromatic heterocycles. The zero-order chi connectivity index (χ0) is 17.8. The Morgan fingerprint density at radius 1 is 1.40 bits per heavy atom.